The fourth-order valence-electron chi connectivity index (χ4n) is 1.32. The van der Waals surface area contributed by atoms with Gasteiger partial charge in [0, 0.05) is 19.6 Å². The van der Waals surface area contributed by atoms with Crippen LogP contribution in [0.1, 0.15) is 6.92 Å². The van der Waals surface area contributed by atoms with Gasteiger partial charge in [-0.25, -0.2) is 4.79 Å². The molecule has 0 radical (unpaired) electrons. The van der Waals surface area contributed by atoms with E-state index in [4.69, 9.17) is 9.47 Å². The molecule has 0 aliphatic carbocycles. The molecule has 1 fully saturated rings. The molecule has 5 nitrogen and oxygen atoms in total. The van der Waals surface area contributed by atoms with Crippen molar-refractivity contribution in [1.29, 1.82) is 0 Å². The molecular weight excluding hydrogens is 184 g/mol. The average Bonchev–Trinajstić information content (AvgIpc) is 2.19. The van der Waals surface area contributed by atoms with Crippen molar-refractivity contribution in [2.24, 2.45) is 0 Å². The van der Waals surface area contributed by atoms with Crippen molar-refractivity contribution in [2.45, 2.75) is 13.0 Å². The molecule has 0 aromatic rings. The third-order valence-electron chi connectivity index (χ3n) is 2.06. The summed E-state index contributed by atoms with van der Waals surface area (Å²) in [5, 5.41) is 2.96. The van der Waals surface area contributed by atoms with Crippen molar-refractivity contribution in [2.75, 3.05) is 39.9 Å². The lowest BCUT2D eigenvalue weighted by atomic mass is 10.4. The van der Waals surface area contributed by atoms with Crippen LogP contribution < -0.4 is 5.32 Å². The van der Waals surface area contributed by atoms with Gasteiger partial charge in [0.25, 0.3) is 0 Å². The maximum atomic E-state index is 11.5. The Labute approximate surface area is 84.4 Å². The summed E-state index contributed by atoms with van der Waals surface area (Å²) in [5.74, 6) is 0. The molecule has 14 heavy (non-hydrogen) atoms. The number of rotatable bonds is 3. The second-order valence-corrected chi connectivity index (χ2v) is 3.35. The minimum absolute atomic E-state index is 0.0876. The lowest BCUT2D eigenvalue weighted by Crippen LogP contribution is -2.43. The van der Waals surface area contributed by atoms with E-state index in [1.165, 1.54) is 0 Å². The summed E-state index contributed by atoms with van der Waals surface area (Å²) in [5.41, 5.74) is 0. The van der Waals surface area contributed by atoms with E-state index in [0.29, 0.717) is 32.8 Å². The van der Waals surface area contributed by atoms with E-state index in [-0.39, 0.29) is 12.2 Å². The van der Waals surface area contributed by atoms with E-state index in [9.17, 15) is 4.79 Å². The number of amides is 1. The van der Waals surface area contributed by atoms with Crippen LogP contribution in [0.2, 0.25) is 0 Å². The first-order valence-corrected chi connectivity index (χ1v) is 4.92. The van der Waals surface area contributed by atoms with Gasteiger partial charge >= 0.3 is 6.09 Å². The average molecular weight is 202 g/mol. The van der Waals surface area contributed by atoms with Crippen LogP contribution in [0.3, 0.4) is 0 Å². The minimum atomic E-state index is -0.240. The molecule has 1 aliphatic heterocycles. The van der Waals surface area contributed by atoms with E-state index < -0.39 is 0 Å². The Morgan fingerprint density at radius 3 is 2.79 bits per heavy atom. The summed E-state index contributed by atoms with van der Waals surface area (Å²) in [6.45, 7) is 5.02. The van der Waals surface area contributed by atoms with Gasteiger partial charge in [-0.3, -0.25) is 0 Å². The van der Waals surface area contributed by atoms with E-state index in [0.717, 1.165) is 0 Å². The normalized spacial score (nSPS) is 19.1. The number of morpholine rings is 1. The molecule has 0 saturated carbocycles. The Morgan fingerprint density at radius 1 is 1.57 bits per heavy atom. The van der Waals surface area contributed by atoms with Gasteiger partial charge in [-0.05, 0) is 14.0 Å². The highest BCUT2D eigenvalue weighted by atomic mass is 16.6. The molecule has 1 atom stereocenters. The number of carbonyl (C=O) groups is 1. The van der Waals surface area contributed by atoms with Crippen LogP contribution in [-0.4, -0.2) is 57.0 Å². The zero-order valence-corrected chi connectivity index (χ0v) is 8.78. The van der Waals surface area contributed by atoms with Crippen molar-refractivity contribution in [3.05, 3.63) is 0 Å². The van der Waals surface area contributed by atoms with Crippen molar-refractivity contribution >= 4 is 6.09 Å². The number of hydrogen-bond donors (Lipinski definition) is 1. The molecule has 0 aromatic heterocycles. The van der Waals surface area contributed by atoms with Crippen molar-refractivity contribution in [1.82, 2.24) is 10.2 Å². The molecule has 1 N–H and O–H groups in total. The summed E-state index contributed by atoms with van der Waals surface area (Å²) in [4.78, 5) is 13.2. The van der Waals surface area contributed by atoms with Gasteiger partial charge in [0.1, 0.15) is 6.10 Å². The Balaban J connectivity index is 2.25. The molecule has 82 valence electrons. The predicted molar refractivity (Wildman–Crippen MR) is 52.3 cm³/mol. The molecule has 1 amide bonds. The number of likely N-dealkylation sites (N-methyl/N-ethyl adjacent to an activating group) is 1. The molecule has 1 unspecified atom stereocenters. The smallest absolute Gasteiger partial charge is 0.410 e. The highest BCUT2D eigenvalue weighted by Gasteiger charge is 2.19. The standard InChI is InChI=1S/C9H18N2O3/c1-8(7-10-2)14-9(12)11-3-5-13-6-4-11/h8,10H,3-7H2,1-2H3. The van der Waals surface area contributed by atoms with Crippen LogP contribution in [0.5, 0.6) is 0 Å². The van der Waals surface area contributed by atoms with Gasteiger partial charge in [-0.15, -0.1) is 0 Å². The second-order valence-electron chi connectivity index (χ2n) is 3.35. The van der Waals surface area contributed by atoms with Gasteiger partial charge in [-0.1, -0.05) is 0 Å². The largest absolute Gasteiger partial charge is 0.445 e. The van der Waals surface area contributed by atoms with Crippen LogP contribution in [0.4, 0.5) is 4.79 Å². The molecule has 1 saturated heterocycles. The molecule has 0 bridgehead atoms. The van der Waals surface area contributed by atoms with Gasteiger partial charge in [0.15, 0.2) is 0 Å². The van der Waals surface area contributed by atoms with Crippen molar-refractivity contribution < 1.29 is 14.3 Å². The second kappa shape index (κ2) is 5.82. The molecule has 5 heteroatoms. The Morgan fingerprint density at radius 2 is 2.21 bits per heavy atom. The van der Waals surface area contributed by atoms with Crippen LogP contribution in [-0.2, 0) is 9.47 Å². The molecule has 1 rings (SSSR count). The van der Waals surface area contributed by atoms with Gasteiger partial charge in [0.2, 0.25) is 0 Å². The Hall–Kier alpha value is -0.810. The summed E-state index contributed by atoms with van der Waals surface area (Å²) >= 11 is 0. The number of hydrogen-bond acceptors (Lipinski definition) is 4. The van der Waals surface area contributed by atoms with Crippen LogP contribution in [0, 0.1) is 0 Å². The first-order chi connectivity index (χ1) is 6.74. The number of nitrogens with one attached hydrogen (secondary N) is 1. The third-order valence-corrected chi connectivity index (χ3v) is 2.06. The van der Waals surface area contributed by atoms with E-state index in [2.05, 4.69) is 5.32 Å². The maximum Gasteiger partial charge on any atom is 0.410 e. The summed E-state index contributed by atoms with van der Waals surface area (Å²) in [7, 11) is 1.83. The zero-order valence-electron chi connectivity index (χ0n) is 8.78. The lowest BCUT2D eigenvalue weighted by molar-refractivity contribution is 0.0159. The highest BCUT2D eigenvalue weighted by Crippen LogP contribution is 2.02. The summed E-state index contributed by atoms with van der Waals surface area (Å²) in [6, 6.07) is 0. The topological polar surface area (TPSA) is 50.8 Å². The quantitative estimate of drug-likeness (QED) is 0.703. The fourth-order valence-corrected chi connectivity index (χ4v) is 1.32. The first-order valence-electron chi connectivity index (χ1n) is 4.92. The van der Waals surface area contributed by atoms with Crippen molar-refractivity contribution in [3.63, 3.8) is 0 Å². The minimum Gasteiger partial charge on any atom is -0.445 e. The molecule has 0 spiro atoms. The molecule has 0 aromatic carbocycles. The lowest BCUT2D eigenvalue weighted by Gasteiger charge is -2.27. The molecule has 1 heterocycles. The van der Waals surface area contributed by atoms with Gasteiger partial charge < -0.3 is 19.7 Å². The highest BCUT2D eigenvalue weighted by molar-refractivity contribution is 5.67. The van der Waals surface area contributed by atoms with Crippen LogP contribution in [0.15, 0.2) is 0 Å². The van der Waals surface area contributed by atoms with Gasteiger partial charge in [0.05, 0.1) is 13.2 Å². The number of ether oxygens (including phenoxy) is 2. The van der Waals surface area contributed by atoms with Crippen molar-refractivity contribution in [3.8, 4) is 0 Å². The molecular formula is C9H18N2O3. The Bertz CT molecular complexity index is 181. The van der Waals surface area contributed by atoms with E-state index >= 15 is 0 Å². The van der Waals surface area contributed by atoms with E-state index in [1.54, 1.807) is 4.90 Å². The first kappa shape index (κ1) is 11.3. The van der Waals surface area contributed by atoms with Crippen LogP contribution in [0.25, 0.3) is 0 Å². The van der Waals surface area contributed by atoms with Gasteiger partial charge in [-0.2, -0.15) is 0 Å². The van der Waals surface area contributed by atoms with E-state index in [1.807, 2.05) is 14.0 Å². The number of nitrogens with zero attached hydrogens (tertiary/aromatic N) is 1. The monoisotopic (exact) mass is 202 g/mol. The number of carbonyl (C=O) groups excluding carboxylic acids is 1. The maximum absolute atomic E-state index is 11.5. The third kappa shape index (κ3) is 3.51. The molecule has 1 aliphatic rings. The SMILES string of the molecule is CNCC(C)OC(=O)N1CCOCC1. The zero-order chi connectivity index (χ0) is 10.4. The predicted octanol–water partition coefficient (Wildman–Crippen LogP) is 0.0631. The summed E-state index contributed by atoms with van der Waals surface area (Å²) < 4.78 is 10.3. The Kier molecular flexibility index (Phi) is 4.69. The van der Waals surface area contributed by atoms with Crippen LogP contribution >= 0.6 is 0 Å². The fraction of sp³-hybridized carbons (Fsp3) is 0.889. The summed E-state index contributed by atoms with van der Waals surface area (Å²) in [6.07, 6.45) is -0.327.